The van der Waals surface area contributed by atoms with Crippen molar-refractivity contribution >= 4 is 0 Å². The number of hydrogen-bond acceptors (Lipinski definition) is 2. The first-order valence-corrected chi connectivity index (χ1v) is 8.33. The van der Waals surface area contributed by atoms with Gasteiger partial charge in [0.1, 0.15) is 0 Å². The molecule has 1 aliphatic rings. The molecule has 0 aromatic heterocycles. The summed E-state index contributed by atoms with van der Waals surface area (Å²) in [4.78, 5) is 2.45. The van der Waals surface area contributed by atoms with Gasteiger partial charge in [0.15, 0.2) is 0 Å². The Bertz CT molecular complexity index is 513. The summed E-state index contributed by atoms with van der Waals surface area (Å²) < 4.78 is 0. The van der Waals surface area contributed by atoms with Gasteiger partial charge in [0, 0.05) is 19.1 Å². The van der Waals surface area contributed by atoms with Crippen LogP contribution < -0.4 is 0 Å². The summed E-state index contributed by atoms with van der Waals surface area (Å²) >= 11 is 0. The minimum atomic E-state index is -0.193. The molecule has 1 N–H and O–H groups in total. The molecule has 0 bridgehead atoms. The highest BCUT2D eigenvalue weighted by atomic mass is 16.3. The molecule has 0 spiro atoms. The monoisotopic (exact) mass is 295 g/mol. The van der Waals surface area contributed by atoms with Crippen molar-refractivity contribution in [3.63, 3.8) is 0 Å². The number of hydrogen-bond donors (Lipinski definition) is 1. The van der Waals surface area contributed by atoms with Crippen LogP contribution in [0.25, 0.3) is 0 Å². The average Bonchev–Trinajstić information content (AvgIpc) is 2.57. The maximum Gasteiger partial charge on any atom is 0.0695 e. The van der Waals surface area contributed by atoms with Gasteiger partial charge in [-0.2, -0.15) is 0 Å². The van der Waals surface area contributed by atoms with Crippen molar-refractivity contribution in [2.24, 2.45) is 0 Å². The van der Waals surface area contributed by atoms with Gasteiger partial charge in [-0.3, -0.25) is 4.90 Å². The molecular weight excluding hydrogens is 270 g/mol. The van der Waals surface area contributed by atoms with E-state index in [0.717, 1.165) is 32.4 Å². The lowest BCUT2D eigenvalue weighted by Crippen LogP contribution is -2.44. The fourth-order valence-electron chi connectivity index (χ4n) is 3.44. The van der Waals surface area contributed by atoms with Crippen LogP contribution in [0.15, 0.2) is 60.7 Å². The molecule has 2 nitrogen and oxygen atoms in total. The van der Waals surface area contributed by atoms with Gasteiger partial charge in [-0.1, -0.05) is 73.5 Å². The molecule has 2 atom stereocenters. The van der Waals surface area contributed by atoms with E-state index in [1.165, 1.54) is 17.5 Å². The summed E-state index contributed by atoms with van der Waals surface area (Å²) in [6, 6.07) is 21.4. The molecule has 2 heteroatoms. The Balaban J connectivity index is 1.78. The van der Waals surface area contributed by atoms with E-state index in [4.69, 9.17) is 0 Å². The molecule has 0 radical (unpaired) electrons. The number of rotatable bonds is 5. The second kappa shape index (κ2) is 7.57. The standard InChI is InChI=1S/C20H25NO/c22-20-14-8-7-13-19(20)21(15-17-9-3-1-4-10-17)16-18-11-5-2-6-12-18/h1-6,9-12,19-20,22H,7-8,13-16H2/t19-,20-/m0/s1. The summed E-state index contributed by atoms with van der Waals surface area (Å²) in [5, 5.41) is 10.5. The fraction of sp³-hybridized carbons (Fsp3) is 0.400. The maximum atomic E-state index is 10.5. The van der Waals surface area contributed by atoms with Gasteiger partial charge in [0.05, 0.1) is 6.10 Å². The van der Waals surface area contributed by atoms with Gasteiger partial charge in [-0.25, -0.2) is 0 Å². The first-order valence-electron chi connectivity index (χ1n) is 8.33. The van der Waals surface area contributed by atoms with Crippen molar-refractivity contribution in [3.8, 4) is 0 Å². The number of aliphatic hydroxyl groups excluding tert-OH is 1. The average molecular weight is 295 g/mol. The summed E-state index contributed by atoms with van der Waals surface area (Å²) in [5.74, 6) is 0. The Morgan fingerprint density at radius 1 is 0.773 bits per heavy atom. The molecule has 2 aromatic rings. The third-order valence-electron chi connectivity index (χ3n) is 4.62. The molecule has 1 fully saturated rings. The van der Waals surface area contributed by atoms with Crippen LogP contribution in [0.3, 0.4) is 0 Å². The summed E-state index contributed by atoms with van der Waals surface area (Å²) in [7, 11) is 0. The molecule has 0 aliphatic heterocycles. The third kappa shape index (κ3) is 3.96. The lowest BCUT2D eigenvalue weighted by Gasteiger charge is -2.38. The maximum absolute atomic E-state index is 10.5. The van der Waals surface area contributed by atoms with Crippen molar-refractivity contribution in [1.82, 2.24) is 4.90 Å². The molecule has 0 saturated heterocycles. The summed E-state index contributed by atoms with van der Waals surface area (Å²) in [6.07, 6.45) is 4.22. The highest BCUT2D eigenvalue weighted by molar-refractivity contribution is 5.17. The van der Waals surface area contributed by atoms with E-state index in [1.807, 2.05) is 0 Å². The van der Waals surface area contributed by atoms with Crippen molar-refractivity contribution in [2.75, 3.05) is 0 Å². The van der Waals surface area contributed by atoms with E-state index in [0.29, 0.717) is 0 Å². The SMILES string of the molecule is O[C@H]1CCCC[C@@H]1N(Cc1ccccc1)Cc1ccccc1. The quantitative estimate of drug-likeness (QED) is 0.901. The van der Waals surface area contributed by atoms with E-state index in [9.17, 15) is 5.11 Å². The summed E-state index contributed by atoms with van der Waals surface area (Å²) in [6.45, 7) is 1.80. The molecule has 2 aromatic carbocycles. The smallest absolute Gasteiger partial charge is 0.0695 e. The molecule has 0 unspecified atom stereocenters. The number of benzene rings is 2. The first-order chi connectivity index (χ1) is 10.8. The van der Waals surface area contributed by atoms with Gasteiger partial charge in [-0.15, -0.1) is 0 Å². The van der Waals surface area contributed by atoms with E-state index < -0.39 is 0 Å². The predicted molar refractivity (Wildman–Crippen MR) is 90.4 cm³/mol. The molecule has 116 valence electrons. The van der Waals surface area contributed by atoms with Crippen LogP contribution >= 0.6 is 0 Å². The number of nitrogens with zero attached hydrogens (tertiary/aromatic N) is 1. The Morgan fingerprint density at radius 2 is 1.27 bits per heavy atom. The Morgan fingerprint density at radius 3 is 1.77 bits per heavy atom. The lowest BCUT2D eigenvalue weighted by molar-refractivity contribution is 0.0114. The van der Waals surface area contributed by atoms with E-state index in [1.54, 1.807) is 0 Å². The van der Waals surface area contributed by atoms with Crippen LogP contribution in [-0.2, 0) is 13.1 Å². The van der Waals surface area contributed by atoms with Crippen LogP contribution in [0.2, 0.25) is 0 Å². The predicted octanol–water partition coefficient (Wildman–Crippen LogP) is 3.99. The summed E-state index contributed by atoms with van der Waals surface area (Å²) in [5.41, 5.74) is 2.63. The van der Waals surface area contributed by atoms with Crippen LogP contribution in [-0.4, -0.2) is 22.2 Å². The first kappa shape index (κ1) is 15.3. The van der Waals surface area contributed by atoms with Crippen LogP contribution in [0.4, 0.5) is 0 Å². The number of aliphatic hydroxyl groups is 1. The molecule has 0 amide bonds. The zero-order valence-corrected chi connectivity index (χ0v) is 13.1. The second-order valence-corrected chi connectivity index (χ2v) is 6.30. The van der Waals surface area contributed by atoms with E-state index in [-0.39, 0.29) is 12.1 Å². The van der Waals surface area contributed by atoms with Crippen molar-refractivity contribution < 1.29 is 5.11 Å². The van der Waals surface area contributed by atoms with Gasteiger partial charge in [-0.05, 0) is 24.0 Å². The zero-order valence-electron chi connectivity index (χ0n) is 13.1. The highest BCUT2D eigenvalue weighted by Gasteiger charge is 2.28. The molecule has 22 heavy (non-hydrogen) atoms. The largest absolute Gasteiger partial charge is 0.391 e. The van der Waals surface area contributed by atoms with Crippen LogP contribution in [0.5, 0.6) is 0 Å². The highest BCUT2D eigenvalue weighted by Crippen LogP contribution is 2.26. The minimum Gasteiger partial charge on any atom is -0.391 e. The van der Waals surface area contributed by atoms with Gasteiger partial charge >= 0.3 is 0 Å². The normalized spacial score (nSPS) is 21.9. The van der Waals surface area contributed by atoms with Crippen molar-refractivity contribution in [1.29, 1.82) is 0 Å². The molecular formula is C20H25NO. The Labute approximate surface area is 133 Å². The molecule has 0 heterocycles. The van der Waals surface area contributed by atoms with Crippen molar-refractivity contribution in [3.05, 3.63) is 71.8 Å². The van der Waals surface area contributed by atoms with Gasteiger partial charge in [0.25, 0.3) is 0 Å². The van der Waals surface area contributed by atoms with Crippen molar-refractivity contribution in [2.45, 2.75) is 50.9 Å². The molecule has 1 aliphatic carbocycles. The fourth-order valence-corrected chi connectivity index (χ4v) is 3.44. The van der Waals surface area contributed by atoms with Gasteiger partial charge < -0.3 is 5.11 Å². The minimum absolute atomic E-state index is 0.193. The van der Waals surface area contributed by atoms with E-state index in [2.05, 4.69) is 65.6 Å². The topological polar surface area (TPSA) is 23.5 Å². The molecule has 3 rings (SSSR count). The molecule has 1 saturated carbocycles. The zero-order chi connectivity index (χ0) is 15.2. The third-order valence-corrected chi connectivity index (χ3v) is 4.62. The van der Waals surface area contributed by atoms with Crippen LogP contribution in [0, 0.1) is 0 Å². The Hall–Kier alpha value is -1.64. The van der Waals surface area contributed by atoms with Gasteiger partial charge in [0.2, 0.25) is 0 Å². The lowest BCUT2D eigenvalue weighted by atomic mass is 9.90. The second-order valence-electron chi connectivity index (χ2n) is 6.30. The Kier molecular flexibility index (Phi) is 5.25. The van der Waals surface area contributed by atoms with E-state index >= 15 is 0 Å². The van der Waals surface area contributed by atoms with Crippen LogP contribution in [0.1, 0.15) is 36.8 Å².